The zero-order valence-electron chi connectivity index (χ0n) is 10.5. The van der Waals surface area contributed by atoms with Crippen LogP contribution < -0.4 is 0 Å². The molecule has 0 bridgehead atoms. The molecule has 1 atom stereocenters. The van der Waals surface area contributed by atoms with Gasteiger partial charge in [0, 0.05) is 11.8 Å². The summed E-state index contributed by atoms with van der Waals surface area (Å²) in [6.07, 6.45) is 2.72. The molecule has 94 valence electrons. The van der Waals surface area contributed by atoms with E-state index in [-0.39, 0.29) is 0 Å². The molecule has 0 aliphatic heterocycles. The highest BCUT2D eigenvalue weighted by atomic mass is 32.1. The van der Waals surface area contributed by atoms with Crippen LogP contribution in [0, 0.1) is 6.92 Å². The van der Waals surface area contributed by atoms with Crippen LogP contribution in [0.25, 0.3) is 0 Å². The molecule has 1 aromatic heterocycles. The number of aryl methyl sites for hydroxylation is 1. The second-order valence-corrected chi connectivity index (χ2v) is 6.04. The van der Waals surface area contributed by atoms with E-state index in [0.717, 1.165) is 16.3 Å². The minimum absolute atomic E-state index is 0.428. The van der Waals surface area contributed by atoms with Crippen LogP contribution in [0.2, 0.25) is 0 Å². The van der Waals surface area contributed by atoms with Crippen LogP contribution in [0.3, 0.4) is 0 Å². The topological polar surface area (TPSA) is 33.1 Å². The third kappa shape index (κ3) is 2.47. The Morgan fingerprint density at radius 3 is 2.83 bits per heavy atom. The van der Waals surface area contributed by atoms with Gasteiger partial charge in [-0.05, 0) is 36.8 Å². The van der Waals surface area contributed by atoms with Crippen molar-refractivity contribution in [2.75, 3.05) is 0 Å². The van der Waals surface area contributed by atoms with Crippen LogP contribution in [-0.2, 0) is 6.42 Å². The van der Waals surface area contributed by atoms with Gasteiger partial charge in [-0.3, -0.25) is 0 Å². The second-order valence-electron chi connectivity index (χ2n) is 4.98. The van der Waals surface area contributed by atoms with E-state index in [0.29, 0.717) is 12.3 Å². The van der Waals surface area contributed by atoms with E-state index in [1.165, 1.54) is 18.4 Å². The molecule has 3 rings (SSSR count). The van der Waals surface area contributed by atoms with Crippen molar-refractivity contribution in [3.8, 4) is 0 Å². The van der Waals surface area contributed by atoms with E-state index in [1.807, 2.05) is 18.4 Å². The number of hydrogen-bond donors (Lipinski definition) is 1. The van der Waals surface area contributed by atoms with Crippen molar-refractivity contribution in [1.82, 2.24) is 4.98 Å². The Bertz CT molecular complexity index is 545. The first-order valence-electron chi connectivity index (χ1n) is 6.42. The first kappa shape index (κ1) is 11.9. The molecule has 0 radical (unpaired) electrons. The fourth-order valence-electron chi connectivity index (χ4n) is 2.39. The molecule has 0 spiro atoms. The standard InChI is InChI=1S/C15H17NOS/c1-10-16-12(9-18-10)8-15(17)14-5-3-2-4-13(14)11-6-7-11/h2-5,9,11,15,17H,6-8H2,1H3. The Balaban J connectivity index is 1.81. The van der Waals surface area contributed by atoms with Crippen molar-refractivity contribution in [3.63, 3.8) is 0 Å². The summed E-state index contributed by atoms with van der Waals surface area (Å²) in [4.78, 5) is 4.42. The number of rotatable bonds is 4. The third-order valence-electron chi connectivity index (χ3n) is 3.44. The summed E-state index contributed by atoms with van der Waals surface area (Å²) < 4.78 is 0. The average Bonchev–Trinajstić information content (AvgIpc) is 3.14. The largest absolute Gasteiger partial charge is 0.388 e. The minimum atomic E-state index is -0.428. The second kappa shape index (κ2) is 4.82. The van der Waals surface area contributed by atoms with E-state index >= 15 is 0 Å². The number of thiazole rings is 1. The van der Waals surface area contributed by atoms with E-state index in [9.17, 15) is 5.11 Å². The summed E-state index contributed by atoms with van der Waals surface area (Å²) in [5.41, 5.74) is 3.42. The van der Waals surface area contributed by atoms with Crippen LogP contribution in [0.5, 0.6) is 0 Å². The number of aromatic nitrogens is 1. The lowest BCUT2D eigenvalue weighted by molar-refractivity contribution is 0.176. The molecule has 2 aromatic rings. The lowest BCUT2D eigenvalue weighted by atomic mass is 9.96. The van der Waals surface area contributed by atoms with Crippen LogP contribution in [0.4, 0.5) is 0 Å². The van der Waals surface area contributed by atoms with Gasteiger partial charge in [-0.25, -0.2) is 4.98 Å². The van der Waals surface area contributed by atoms with E-state index in [1.54, 1.807) is 11.3 Å². The Kier molecular flexibility index (Phi) is 3.18. The van der Waals surface area contributed by atoms with Gasteiger partial charge in [0.15, 0.2) is 0 Å². The fourth-order valence-corrected chi connectivity index (χ4v) is 3.02. The molecule has 1 aromatic carbocycles. The van der Waals surface area contributed by atoms with Gasteiger partial charge in [-0.15, -0.1) is 11.3 Å². The maximum Gasteiger partial charge on any atom is 0.0897 e. The SMILES string of the molecule is Cc1nc(CC(O)c2ccccc2C2CC2)cs1. The molecule has 1 heterocycles. The van der Waals surface area contributed by atoms with Gasteiger partial charge in [0.2, 0.25) is 0 Å². The van der Waals surface area contributed by atoms with Crippen LogP contribution >= 0.6 is 11.3 Å². The molecule has 18 heavy (non-hydrogen) atoms. The molecule has 1 fully saturated rings. The van der Waals surface area contributed by atoms with Gasteiger partial charge in [0.1, 0.15) is 0 Å². The molecular weight excluding hydrogens is 242 g/mol. The Morgan fingerprint density at radius 1 is 1.39 bits per heavy atom. The van der Waals surface area contributed by atoms with Gasteiger partial charge >= 0.3 is 0 Å². The van der Waals surface area contributed by atoms with Gasteiger partial charge in [0.05, 0.1) is 16.8 Å². The smallest absolute Gasteiger partial charge is 0.0897 e. The highest BCUT2D eigenvalue weighted by molar-refractivity contribution is 7.09. The summed E-state index contributed by atoms with van der Waals surface area (Å²) in [7, 11) is 0. The maximum atomic E-state index is 10.4. The molecule has 0 amide bonds. The zero-order chi connectivity index (χ0) is 12.5. The number of nitrogens with zero attached hydrogens (tertiary/aromatic N) is 1. The van der Waals surface area contributed by atoms with E-state index < -0.39 is 6.10 Å². The molecule has 3 heteroatoms. The number of aliphatic hydroxyl groups excluding tert-OH is 1. The van der Waals surface area contributed by atoms with Crippen molar-refractivity contribution in [2.45, 2.75) is 38.2 Å². The quantitative estimate of drug-likeness (QED) is 0.910. The zero-order valence-corrected chi connectivity index (χ0v) is 11.3. The molecule has 1 N–H and O–H groups in total. The van der Waals surface area contributed by atoms with Gasteiger partial charge < -0.3 is 5.11 Å². The Hall–Kier alpha value is -1.19. The third-order valence-corrected chi connectivity index (χ3v) is 4.26. The number of benzene rings is 1. The van der Waals surface area contributed by atoms with Crippen molar-refractivity contribution in [1.29, 1.82) is 0 Å². The molecule has 1 aliphatic rings. The fraction of sp³-hybridized carbons (Fsp3) is 0.400. The van der Waals surface area contributed by atoms with Gasteiger partial charge in [-0.1, -0.05) is 24.3 Å². The molecule has 1 saturated carbocycles. The first-order chi connectivity index (χ1) is 8.74. The van der Waals surface area contributed by atoms with Crippen molar-refractivity contribution in [3.05, 3.63) is 51.5 Å². The normalized spacial score (nSPS) is 16.8. The molecular formula is C15H17NOS. The lowest BCUT2D eigenvalue weighted by Crippen LogP contribution is -2.05. The number of hydrogen-bond acceptors (Lipinski definition) is 3. The van der Waals surface area contributed by atoms with Crippen molar-refractivity contribution >= 4 is 11.3 Å². The van der Waals surface area contributed by atoms with Crippen LogP contribution in [-0.4, -0.2) is 10.1 Å². The van der Waals surface area contributed by atoms with Crippen molar-refractivity contribution in [2.24, 2.45) is 0 Å². The number of aliphatic hydroxyl groups is 1. The van der Waals surface area contributed by atoms with Crippen molar-refractivity contribution < 1.29 is 5.11 Å². The summed E-state index contributed by atoms with van der Waals surface area (Å²) in [5, 5.41) is 13.5. The minimum Gasteiger partial charge on any atom is -0.388 e. The molecule has 2 nitrogen and oxygen atoms in total. The molecule has 1 unspecified atom stereocenters. The lowest BCUT2D eigenvalue weighted by Gasteiger charge is -2.14. The molecule has 1 aliphatic carbocycles. The van der Waals surface area contributed by atoms with E-state index in [4.69, 9.17) is 0 Å². The maximum absolute atomic E-state index is 10.4. The highest BCUT2D eigenvalue weighted by Crippen LogP contribution is 2.43. The predicted octanol–water partition coefficient (Wildman–Crippen LogP) is 3.61. The van der Waals surface area contributed by atoms with E-state index in [2.05, 4.69) is 23.2 Å². The van der Waals surface area contributed by atoms with Gasteiger partial charge in [0.25, 0.3) is 0 Å². The van der Waals surface area contributed by atoms with Crippen LogP contribution in [0.1, 0.15) is 46.7 Å². The molecule has 0 saturated heterocycles. The Morgan fingerprint density at radius 2 is 2.17 bits per heavy atom. The first-order valence-corrected chi connectivity index (χ1v) is 7.30. The Labute approximate surface area is 111 Å². The summed E-state index contributed by atoms with van der Waals surface area (Å²) in [5.74, 6) is 0.674. The predicted molar refractivity (Wildman–Crippen MR) is 73.9 cm³/mol. The van der Waals surface area contributed by atoms with Gasteiger partial charge in [-0.2, -0.15) is 0 Å². The monoisotopic (exact) mass is 259 g/mol. The average molecular weight is 259 g/mol. The summed E-state index contributed by atoms with van der Waals surface area (Å²) >= 11 is 1.64. The summed E-state index contributed by atoms with van der Waals surface area (Å²) in [6.45, 7) is 2.00. The highest BCUT2D eigenvalue weighted by Gasteiger charge is 2.27. The van der Waals surface area contributed by atoms with Crippen LogP contribution in [0.15, 0.2) is 29.6 Å². The summed E-state index contributed by atoms with van der Waals surface area (Å²) in [6, 6.07) is 8.29.